The molecule has 4 aromatic carbocycles. The number of carbonyl (C=O) groups is 1. The molecule has 0 N–H and O–H groups in total. The molecule has 8 nitrogen and oxygen atoms in total. The van der Waals surface area contributed by atoms with E-state index in [1.807, 2.05) is 37.3 Å². The van der Waals surface area contributed by atoms with Crippen molar-refractivity contribution in [2.45, 2.75) is 47.7 Å². The van der Waals surface area contributed by atoms with Crippen molar-refractivity contribution in [2.24, 2.45) is 5.92 Å². The van der Waals surface area contributed by atoms with E-state index in [1.165, 1.54) is 8.61 Å². The van der Waals surface area contributed by atoms with Gasteiger partial charge in [0.1, 0.15) is 11.5 Å². The highest BCUT2D eigenvalue weighted by Crippen LogP contribution is 2.48. The van der Waals surface area contributed by atoms with Crippen LogP contribution in [0.5, 0.6) is 5.75 Å². The van der Waals surface area contributed by atoms with E-state index < -0.39 is 44.1 Å². The molecule has 4 aromatic rings. The lowest BCUT2D eigenvalue weighted by atomic mass is 9.77. The first-order valence-corrected chi connectivity index (χ1v) is 17.4. The normalized spacial score (nSPS) is 23.2. The van der Waals surface area contributed by atoms with Gasteiger partial charge in [-0.2, -0.15) is 8.61 Å². The topological polar surface area (TPSA) is 101 Å². The number of carbonyl (C=O) groups excluding carboxylic acids is 1. The highest BCUT2D eigenvalue weighted by Gasteiger charge is 2.54. The van der Waals surface area contributed by atoms with Crippen LogP contribution in [0.2, 0.25) is 0 Å². The van der Waals surface area contributed by atoms with E-state index in [2.05, 4.69) is 0 Å². The number of fused-ring (bicyclic) bond motifs is 1. The Bertz CT molecular complexity index is 1850. The van der Waals surface area contributed by atoms with Crippen molar-refractivity contribution in [2.75, 3.05) is 13.7 Å². The molecule has 2 aliphatic heterocycles. The Morgan fingerprint density at radius 2 is 1.25 bits per heavy atom. The van der Waals surface area contributed by atoms with Gasteiger partial charge in [-0.25, -0.2) is 16.8 Å². The van der Waals surface area contributed by atoms with Crippen LogP contribution in [-0.2, 0) is 24.8 Å². The van der Waals surface area contributed by atoms with Gasteiger partial charge in [0.05, 0.1) is 29.0 Å². The maximum atomic E-state index is 14.5. The van der Waals surface area contributed by atoms with Crippen LogP contribution < -0.4 is 4.74 Å². The molecule has 2 saturated heterocycles. The number of benzene rings is 4. The van der Waals surface area contributed by atoms with Gasteiger partial charge in [-0.15, -0.1) is 0 Å². The second-order valence-corrected chi connectivity index (χ2v) is 15.1. The van der Waals surface area contributed by atoms with Gasteiger partial charge >= 0.3 is 0 Å². The average Bonchev–Trinajstić information content (AvgIpc) is 3.05. The highest BCUT2D eigenvalue weighted by atomic mass is 32.2. The molecule has 2 aliphatic rings. The van der Waals surface area contributed by atoms with Gasteiger partial charge in [-0.05, 0) is 60.9 Å². The summed E-state index contributed by atoms with van der Waals surface area (Å²) < 4.78 is 65.5. The van der Waals surface area contributed by atoms with Gasteiger partial charge in [-0.1, -0.05) is 78.4 Å². The third-order valence-corrected chi connectivity index (χ3v) is 12.6. The number of methoxy groups -OCH3 is 1. The van der Waals surface area contributed by atoms with Crippen molar-refractivity contribution in [1.82, 2.24) is 8.61 Å². The second-order valence-electron chi connectivity index (χ2n) is 11.3. The Labute approximate surface area is 259 Å². The van der Waals surface area contributed by atoms with Crippen LogP contribution >= 0.6 is 0 Å². The SMILES string of the molecule is COc1ccc(C2CC(=O)[C@@H]3CN(S(=O)(=O)c4ccc(C)cc4)C(c4ccccc4)C[C@@H]3N2S(=O)(=O)c2ccccc2)cc1. The number of aryl methyl sites for hydroxylation is 1. The van der Waals surface area contributed by atoms with Crippen molar-refractivity contribution < 1.29 is 26.4 Å². The summed E-state index contributed by atoms with van der Waals surface area (Å²) in [7, 11) is -6.58. The standard InChI is InChI=1S/C34H34N2O6S2/c1-24-13-19-29(20-14-24)43(38,39)35-23-30-33(21-31(35)25-9-5-3-6-10-25)36(44(40,41)28-11-7-4-8-12-28)32(22-34(30)37)26-15-17-27(42-2)18-16-26/h3-20,30-33H,21-23H2,1-2H3/t30-,31?,32?,33+/m1/s1. The van der Waals surface area contributed by atoms with Crippen molar-refractivity contribution in [1.29, 1.82) is 0 Å². The predicted molar refractivity (Wildman–Crippen MR) is 167 cm³/mol. The lowest BCUT2D eigenvalue weighted by Crippen LogP contribution is -2.60. The minimum Gasteiger partial charge on any atom is -0.497 e. The van der Waals surface area contributed by atoms with E-state index >= 15 is 0 Å². The molecule has 10 heteroatoms. The Morgan fingerprint density at radius 3 is 1.86 bits per heavy atom. The number of hydrogen-bond acceptors (Lipinski definition) is 6. The van der Waals surface area contributed by atoms with Crippen molar-refractivity contribution in [3.8, 4) is 5.75 Å². The van der Waals surface area contributed by atoms with Gasteiger partial charge in [0, 0.05) is 24.9 Å². The predicted octanol–water partition coefficient (Wildman–Crippen LogP) is 5.53. The number of sulfonamides is 2. The fraction of sp³-hybridized carbons (Fsp3) is 0.265. The van der Waals surface area contributed by atoms with Crippen LogP contribution in [0.15, 0.2) is 119 Å². The van der Waals surface area contributed by atoms with Crippen LogP contribution in [0, 0.1) is 12.8 Å². The molecule has 2 fully saturated rings. The van der Waals surface area contributed by atoms with E-state index in [0.717, 1.165) is 11.1 Å². The summed E-state index contributed by atoms with van der Waals surface area (Å²) in [6.07, 6.45) is 0.0399. The number of hydrogen-bond donors (Lipinski definition) is 0. The molecule has 0 radical (unpaired) electrons. The molecule has 44 heavy (non-hydrogen) atoms. The van der Waals surface area contributed by atoms with Crippen LogP contribution in [0.25, 0.3) is 0 Å². The summed E-state index contributed by atoms with van der Waals surface area (Å²) in [5.74, 6) is -0.390. The van der Waals surface area contributed by atoms with Crippen molar-refractivity contribution >= 4 is 25.8 Å². The smallest absolute Gasteiger partial charge is 0.243 e. The van der Waals surface area contributed by atoms with Gasteiger partial charge in [-0.3, -0.25) is 4.79 Å². The Kier molecular flexibility index (Phi) is 8.19. The number of piperidine rings is 2. The molecular weight excluding hydrogens is 597 g/mol. The van der Waals surface area contributed by atoms with Gasteiger partial charge in [0.2, 0.25) is 20.0 Å². The summed E-state index contributed by atoms with van der Waals surface area (Å²) in [5.41, 5.74) is 2.33. The monoisotopic (exact) mass is 630 g/mol. The Hall–Kier alpha value is -3.83. The zero-order chi connectivity index (χ0) is 31.1. The average molecular weight is 631 g/mol. The first-order valence-electron chi connectivity index (χ1n) is 14.5. The molecule has 4 atom stereocenters. The van der Waals surface area contributed by atoms with E-state index in [0.29, 0.717) is 11.3 Å². The molecule has 228 valence electrons. The molecule has 0 aliphatic carbocycles. The minimum absolute atomic E-state index is 0.0754. The van der Waals surface area contributed by atoms with Crippen LogP contribution in [0.4, 0.5) is 0 Å². The van der Waals surface area contributed by atoms with E-state index in [9.17, 15) is 21.6 Å². The van der Waals surface area contributed by atoms with E-state index in [-0.39, 0.29) is 35.0 Å². The van der Waals surface area contributed by atoms with E-state index in [1.54, 1.807) is 86.0 Å². The lowest BCUT2D eigenvalue weighted by Gasteiger charge is -2.51. The summed E-state index contributed by atoms with van der Waals surface area (Å²) in [4.78, 5) is 14.2. The van der Waals surface area contributed by atoms with E-state index in [4.69, 9.17) is 4.74 Å². The van der Waals surface area contributed by atoms with Gasteiger partial charge < -0.3 is 4.74 Å². The molecule has 0 spiro atoms. The first-order chi connectivity index (χ1) is 21.1. The fourth-order valence-electron chi connectivity index (χ4n) is 6.45. The second kappa shape index (κ2) is 11.9. The lowest BCUT2D eigenvalue weighted by molar-refractivity contribution is -0.132. The zero-order valence-electron chi connectivity index (χ0n) is 24.5. The fourth-order valence-corrected chi connectivity index (χ4v) is 9.97. The van der Waals surface area contributed by atoms with Crippen LogP contribution in [-0.4, -0.2) is 50.9 Å². The Morgan fingerprint density at radius 1 is 0.682 bits per heavy atom. The van der Waals surface area contributed by atoms with Crippen LogP contribution in [0.3, 0.4) is 0 Å². The van der Waals surface area contributed by atoms with Gasteiger partial charge in [0.25, 0.3) is 0 Å². The number of rotatable bonds is 7. The number of nitrogens with zero attached hydrogens (tertiary/aromatic N) is 2. The van der Waals surface area contributed by atoms with Gasteiger partial charge in [0.15, 0.2) is 0 Å². The molecular formula is C34H34N2O6S2. The zero-order valence-corrected chi connectivity index (χ0v) is 26.1. The summed E-state index contributed by atoms with van der Waals surface area (Å²) in [5, 5.41) is 0. The molecule has 2 unspecified atom stereocenters. The molecule has 6 rings (SSSR count). The highest BCUT2D eigenvalue weighted by molar-refractivity contribution is 7.89. The molecule has 0 amide bonds. The largest absolute Gasteiger partial charge is 0.497 e. The molecule has 0 bridgehead atoms. The molecule has 0 aromatic heterocycles. The molecule has 0 saturated carbocycles. The van der Waals surface area contributed by atoms with Crippen LogP contribution in [0.1, 0.15) is 41.6 Å². The number of Topliss-reactive ketones (excluding diaryl/α,β-unsaturated/α-hetero) is 1. The molecule has 2 heterocycles. The number of ketones is 1. The van der Waals surface area contributed by atoms with Crippen molar-refractivity contribution in [3.05, 3.63) is 126 Å². The summed E-state index contributed by atoms with van der Waals surface area (Å²) in [6.45, 7) is 1.76. The minimum atomic E-state index is -4.10. The maximum absolute atomic E-state index is 14.5. The third kappa shape index (κ3) is 5.47. The summed E-state index contributed by atoms with van der Waals surface area (Å²) in [6, 6.07) is 28.9. The maximum Gasteiger partial charge on any atom is 0.243 e. The third-order valence-electron chi connectivity index (χ3n) is 8.73. The quantitative estimate of drug-likeness (QED) is 0.266. The summed E-state index contributed by atoms with van der Waals surface area (Å²) >= 11 is 0. The Balaban J connectivity index is 1.49. The first kappa shape index (κ1) is 30.2. The van der Waals surface area contributed by atoms with Crippen molar-refractivity contribution in [3.63, 3.8) is 0 Å². The number of ether oxygens (including phenoxy) is 1.